The molecular weight excluding hydrogens is 240 g/mol. The monoisotopic (exact) mass is 270 g/mol. The van der Waals surface area contributed by atoms with E-state index in [1.165, 1.54) is 0 Å². The Hall–Kier alpha value is -0.610. The highest BCUT2D eigenvalue weighted by Gasteiger charge is 2.48. The zero-order valence-electron chi connectivity index (χ0n) is 12.7. The normalized spacial score (nSPS) is 27.1. The van der Waals surface area contributed by atoms with E-state index in [0.717, 1.165) is 58.2 Å². The van der Waals surface area contributed by atoms with E-state index < -0.39 is 11.5 Å². The zero-order valence-corrected chi connectivity index (χ0v) is 12.7. The molecule has 1 rings (SSSR count). The van der Waals surface area contributed by atoms with Crippen molar-refractivity contribution in [2.24, 2.45) is 5.92 Å². The summed E-state index contributed by atoms with van der Waals surface area (Å²) in [5.41, 5.74) is -0.664. The van der Waals surface area contributed by atoms with Crippen LogP contribution in [0.4, 0.5) is 0 Å². The van der Waals surface area contributed by atoms with E-state index in [1.807, 2.05) is 0 Å². The van der Waals surface area contributed by atoms with Gasteiger partial charge in [-0.3, -0.25) is 4.79 Å². The zero-order chi connectivity index (χ0) is 14.3. The fraction of sp³-hybridized carbons (Fsp3) is 0.933. The highest BCUT2D eigenvalue weighted by Crippen LogP contribution is 2.38. The lowest BCUT2D eigenvalue weighted by Gasteiger charge is -2.33. The molecule has 1 aliphatic carbocycles. The maximum atomic E-state index is 11.7. The van der Waals surface area contributed by atoms with Crippen molar-refractivity contribution < 1.29 is 9.90 Å². The average molecular weight is 270 g/mol. The topological polar surface area (TPSA) is 52.6 Å². The molecule has 2 atom stereocenters. The number of carboxylic acid groups (broad SMARTS) is 1. The van der Waals surface area contributed by atoms with Crippen LogP contribution < -0.4 is 5.32 Å². The van der Waals surface area contributed by atoms with Crippen LogP contribution >= 0.6 is 0 Å². The van der Waals surface area contributed by atoms with E-state index in [1.54, 1.807) is 0 Å². The largest absolute Gasteiger partial charge is 0.480 e. The van der Waals surface area contributed by atoms with Crippen molar-refractivity contribution in [3.8, 4) is 0 Å². The number of hydrogen-bond acceptors (Lipinski definition) is 3. The van der Waals surface area contributed by atoms with Gasteiger partial charge in [-0.25, -0.2) is 0 Å². The Morgan fingerprint density at radius 1 is 1.37 bits per heavy atom. The molecule has 2 unspecified atom stereocenters. The van der Waals surface area contributed by atoms with Gasteiger partial charge in [-0.2, -0.15) is 0 Å². The molecular formula is C15H30N2O2. The summed E-state index contributed by atoms with van der Waals surface area (Å²) >= 11 is 0. The van der Waals surface area contributed by atoms with Gasteiger partial charge >= 0.3 is 5.97 Å². The lowest BCUT2D eigenvalue weighted by molar-refractivity contribution is -0.146. The number of nitrogens with zero attached hydrogens (tertiary/aromatic N) is 1. The smallest absolute Gasteiger partial charge is 0.324 e. The molecule has 0 spiro atoms. The predicted octanol–water partition coefficient (Wildman–Crippen LogP) is 2.34. The van der Waals surface area contributed by atoms with Crippen LogP contribution in [0.25, 0.3) is 0 Å². The first-order chi connectivity index (χ1) is 9.06. The first-order valence-corrected chi connectivity index (χ1v) is 7.73. The predicted molar refractivity (Wildman–Crippen MR) is 78.4 cm³/mol. The SMILES string of the molecule is CCCNC1(C(=O)O)CCCC1CCN(C)CCC. The van der Waals surface area contributed by atoms with Crippen molar-refractivity contribution in [3.05, 3.63) is 0 Å². The molecule has 0 bridgehead atoms. The fourth-order valence-electron chi connectivity index (χ4n) is 3.28. The standard InChI is InChI=1S/C15H30N2O2/c1-4-10-16-15(14(18)19)9-6-7-13(15)8-12-17(3)11-5-2/h13,16H,4-12H2,1-3H3,(H,18,19). The summed E-state index contributed by atoms with van der Waals surface area (Å²) < 4.78 is 0. The Morgan fingerprint density at radius 2 is 2.11 bits per heavy atom. The fourth-order valence-corrected chi connectivity index (χ4v) is 3.28. The lowest BCUT2D eigenvalue weighted by atomic mass is 9.84. The number of hydrogen-bond donors (Lipinski definition) is 2. The van der Waals surface area contributed by atoms with Gasteiger partial charge in [0.25, 0.3) is 0 Å². The Balaban J connectivity index is 2.60. The summed E-state index contributed by atoms with van der Waals surface area (Å²) in [6.45, 7) is 7.15. The molecule has 0 aromatic carbocycles. The van der Waals surface area contributed by atoms with Crippen molar-refractivity contribution in [1.29, 1.82) is 0 Å². The number of nitrogens with one attached hydrogen (secondary N) is 1. The number of rotatable bonds is 9. The minimum Gasteiger partial charge on any atom is -0.480 e. The maximum Gasteiger partial charge on any atom is 0.324 e. The minimum atomic E-state index is -0.664. The first-order valence-electron chi connectivity index (χ1n) is 7.73. The molecule has 0 saturated heterocycles. The van der Waals surface area contributed by atoms with Crippen molar-refractivity contribution in [1.82, 2.24) is 10.2 Å². The molecule has 112 valence electrons. The quantitative estimate of drug-likeness (QED) is 0.675. The van der Waals surface area contributed by atoms with Crippen LogP contribution in [-0.2, 0) is 4.79 Å². The molecule has 1 aliphatic rings. The van der Waals surface area contributed by atoms with Crippen LogP contribution in [0.2, 0.25) is 0 Å². The molecule has 1 saturated carbocycles. The molecule has 4 nitrogen and oxygen atoms in total. The second kappa shape index (κ2) is 7.85. The van der Waals surface area contributed by atoms with Crippen LogP contribution in [0.1, 0.15) is 52.4 Å². The van der Waals surface area contributed by atoms with Crippen molar-refractivity contribution >= 4 is 5.97 Å². The molecule has 0 aromatic rings. The Morgan fingerprint density at radius 3 is 2.68 bits per heavy atom. The lowest BCUT2D eigenvalue weighted by Crippen LogP contribution is -2.55. The third-order valence-electron chi connectivity index (χ3n) is 4.36. The summed E-state index contributed by atoms with van der Waals surface area (Å²) in [5.74, 6) is -0.377. The van der Waals surface area contributed by atoms with Gasteiger partial charge < -0.3 is 15.3 Å². The molecule has 0 aromatic heterocycles. The molecule has 0 heterocycles. The van der Waals surface area contributed by atoms with Gasteiger partial charge in [0.1, 0.15) is 5.54 Å². The number of carbonyl (C=O) groups is 1. The van der Waals surface area contributed by atoms with E-state index in [-0.39, 0.29) is 5.92 Å². The summed E-state index contributed by atoms with van der Waals surface area (Å²) in [6.07, 6.45) is 5.98. The molecule has 4 heteroatoms. The van der Waals surface area contributed by atoms with E-state index in [2.05, 4.69) is 31.1 Å². The average Bonchev–Trinajstić information content (AvgIpc) is 2.78. The highest BCUT2D eigenvalue weighted by atomic mass is 16.4. The molecule has 0 radical (unpaired) electrons. The van der Waals surface area contributed by atoms with Crippen LogP contribution in [0.5, 0.6) is 0 Å². The third-order valence-corrected chi connectivity index (χ3v) is 4.36. The van der Waals surface area contributed by atoms with Gasteiger partial charge in [-0.05, 0) is 64.7 Å². The van der Waals surface area contributed by atoms with Gasteiger partial charge in [0.15, 0.2) is 0 Å². The van der Waals surface area contributed by atoms with Crippen LogP contribution in [-0.4, -0.2) is 48.2 Å². The minimum absolute atomic E-state index is 0.274. The first kappa shape index (κ1) is 16.4. The molecule has 19 heavy (non-hydrogen) atoms. The molecule has 0 aliphatic heterocycles. The summed E-state index contributed by atoms with van der Waals surface area (Å²) in [7, 11) is 2.13. The van der Waals surface area contributed by atoms with E-state index >= 15 is 0 Å². The van der Waals surface area contributed by atoms with Crippen molar-refractivity contribution in [3.63, 3.8) is 0 Å². The summed E-state index contributed by atoms with van der Waals surface area (Å²) in [4.78, 5) is 14.0. The van der Waals surface area contributed by atoms with Gasteiger partial charge in [-0.1, -0.05) is 20.3 Å². The van der Waals surface area contributed by atoms with Crippen LogP contribution in [0.3, 0.4) is 0 Å². The third kappa shape index (κ3) is 4.18. The van der Waals surface area contributed by atoms with Crippen LogP contribution in [0, 0.1) is 5.92 Å². The Bertz CT molecular complexity index is 283. The summed E-state index contributed by atoms with van der Waals surface area (Å²) in [5, 5.41) is 13.0. The van der Waals surface area contributed by atoms with Crippen molar-refractivity contribution in [2.75, 3.05) is 26.7 Å². The Kier molecular flexibility index (Phi) is 6.80. The summed E-state index contributed by atoms with van der Waals surface area (Å²) in [6, 6.07) is 0. The van der Waals surface area contributed by atoms with Gasteiger partial charge in [0, 0.05) is 0 Å². The number of carboxylic acids is 1. The van der Waals surface area contributed by atoms with Gasteiger partial charge in [-0.15, -0.1) is 0 Å². The maximum absolute atomic E-state index is 11.7. The second-order valence-electron chi connectivity index (χ2n) is 5.88. The van der Waals surface area contributed by atoms with Gasteiger partial charge in [0.2, 0.25) is 0 Å². The number of aliphatic carboxylic acids is 1. The molecule has 0 amide bonds. The molecule has 1 fully saturated rings. The van der Waals surface area contributed by atoms with Crippen molar-refractivity contribution in [2.45, 2.75) is 57.9 Å². The van der Waals surface area contributed by atoms with E-state index in [4.69, 9.17) is 0 Å². The van der Waals surface area contributed by atoms with Crippen LogP contribution in [0.15, 0.2) is 0 Å². The van der Waals surface area contributed by atoms with E-state index in [0.29, 0.717) is 0 Å². The molecule has 2 N–H and O–H groups in total. The van der Waals surface area contributed by atoms with E-state index in [9.17, 15) is 9.90 Å². The van der Waals surface area contributed by atoms with Gasteiger partial charge in [0.05, 0.1) is 0 Å². The highest BCUT2D eigenvalue weighted by molar-refractivity contribution is 5.79. The Labute approximate surface area is 117 Å². The second-order valence-corrected chi connectivity index (χ2v) is 5.88.